The quantitative estimate of drug-likeness (QED) is 0.763. The summed E-state index contributed by atoms with van der Waals surface area (Å²) in [7, 11) is 0. The average Bonchev–Trinajstić information content (AvgIpc) is 2.24. The summed E-state index contributed by atoms with van der Waals surface area (Å²) in [6, 6.07) is 6.95. The summed E-state index contributed by atoms with van der Waals surface area (Å²) < 4.78 is 5.55. The van der Waals surface area contributed by atoms with Crippen molar-refractivity contribution >= 4 is 23.2 Å². The first-order valence-electron chi connectivity index (χ1n) is 4.57. The Morgan fingerprint density at radius 2 is 1.94 bits per heavy atom. The van der Waals surface area contributed by atoms with E-state index in [2.05, 4.69) is 9.97 Å². The van der Waals surface area contributed by atoms with Crippen molar-refractivity contribution in [1.29, 1.82) is 0 Å². The minimum atomic E-state index is 0.338. The van der Waals surface area contributed by atoms with Crippen LogP contribution in [0.15, 0.2) is 30.6 Å². The van der Waals surface area contributed by atoms with E-state index < -0.39 is 0 Å². The van der Waals surface area contributed by atoms with Crippen molar-refractivity contribution in [1.82, 2.24) is 9.97 Å². The molecule has 0 saturated carbocycles. The number of nitrogens with zero attached hydrogens (tertiary/aromatic N) is 2. The predicted molar refractivity (Wildman–Crippen MR) is 63.3 cm³/mol. The molecule has 2 aromatic rings. The van der Waals surface area contributed by atoms with E-state index in [0.717, 1.165) is 5.56 Å². The third-order valence-electron chi connectivity index (χ3n) is 1.97. The van der Waals surface area contributed by atoms with Gasteiger partial charge in [0.05, 0.1) is 0 Å². The summed E-state index contributed by atoms with van der Waals surface area (Å²) in [5, 5.41) is 0.949. The lowest BCUT2D eigenvalue weighted by Crippen LogP contribution is -1.91. The number of hydrogen-bond acceptors (Lipinski definition) is 3. The smallest absolute Gasteiger partial charge is 0.223 e. The first kappa shape index (κ1) is 11.2. The Morgan fingerprint density at radius 3 is 2.69 bits per heavy atom. The molecule has 0 unspecified atom stereocenters. The largest absolute Gasteiger partial charge is 0.439 e. The Hall–Kier alpha value is -1.32. The Labute approximate surface area is 103 Å². The van der Waals surface area contributed by atoms with Crippen molar-refractivity contribution in [3.05, 3.63) is 46.3 Å². The Balaban J connectivity index is 2.30. The van der Waals surface area contributed by atoms with E-state index in [0.29, 0.717) is 21.8 Å². The maximum Gasteiger partial charge on any atom is 0.223 e. The molecule has 1 aromatic carbocycles. The summed E-state index contributed by atoms with van der Waals surface area (Å²) >= 11 is 11.6. The number of benzene rings is 1. The summed E-state index contributed by atoms with van der Waals surface area (Å²) in [5.74, 6) is 1.05. The second-order valence-corrected chi connectivity index (χ2v) is 4.01. The lowest BCUT2D eigenvalue weighted by Gasteiger charge is -2.07. The van der Waals surface area contributed by atoms with Crippen molar-refractivity contribution in [3.8, 4) is 11.6 Å². The highest BCUT2D eigenvalue weighted by Crippen LogP contribution is 2.27. The van der Waals surface area contributed by atoms with Gasteiger partial charge in [0, 0.05) is 11.1 Å². The van der Waals surface area contributed by atoms with Crippen LogP contribution in [0, 0.1) is 6.92 Å². The first-order chi connectivity index (χ1) is 7.65. The van der Waals surface area contributed by atoms with E-state index in [1.54, 1.807) is 18.2 Å². The molecule has 0 amide bonds. The zero-order valence-electron chi connectivity index (χ0n) is 8.45. The number of halogens is 2. The zero-order valence-corrected chi connectivity index (χ0v) is 9.96. The fourth-order valence-corrected chi connectivity index (χ4v) is 1.47. The van der Waals surface area contributed by atoms with Crippen LogP contribution in [0.5, 0.6) is 11.6 Å². The van der Waals surface area contributed by atoms with Crippen molar-refractivity contribution in [2.24, 2.45) is 0 Å². The Morgan fingerprint density at radius 1 is 1.12 bits per heavy atom. The van der Waals surface area contributed by atoms with Gasteiger partial charge in [0.25, 0.3) is 0 Å². The van der Waals surface area contributed by atoms with Gasteiger partial charge >= 0.3 is 0 Å². The van der Waals surface area contributed by atoms with Crippen LogP contribution in [0.4, 0.5) is 0 Å². The van der Waals surface area contributed by atoms with Crippen LogP contribution in [0.2, 0.25) is 10.2 Å². The van der Waals surface area contributed by atoms with E-state index in [1.165, 1.54) is 6.33 Å². The molecule has 1 heterocycles. The summed E-state index contributed by atoms with van der Waals surface area (Å²) in [5.41, 5.74) is 0.971. The van der Waals surface area contributed by atoms with Crippen LogP contribution in [0.25, 0.3) is 0 Å². The van der Waals surface area contributed by atoms with Gasteiger partial charge in [-0.15, -0.1) is 0 Å². The minimum absolute atomic E-state index is 0.338. The maximum absolute atomic E-state index is 5.88. The normalized spacial score (nSPS) is 10.2. The fraction of sp³-hybridized carbons (Fsp3) is 0.0909. The second kappa shape index (κ2) is 4.68. The molecule has 0 fully saturated rings. The average molecular weight is 255 g/mol. The number of aromatic nitrogens is 2. The van der Waals surface area contributed by atoms with Crippen LogP contribution in [0.1, 0.15) is 5.56 Å². The second-order valence-electron chi connectivity index (χ2n) is 3.19. The van der Waals surface area contributed by atoms with E-state index in [-0.39, 0.29) is 0 Å². The van der Waals surface area contributed by atoms with Gasteiger partial charge in [-0.2, -0.15) is 0 Å². The van der Waals surface area contributed by atoms with Gasteiger partial charge in [-0.05, 0) is 24.6 Å². The molecule has 0 aliphatic rings. The lowest BCUT2D eigenvalue weighted by molar-refractivity contribution is 0.458. The molecule has 0 bridgehead atoms. The third kappa shape index (κ3) is 2.62. The fourth-order valence-electron chi connectivity index (χ4n) is 1.17. The molecule has 0 aliphatic heterocycles. The van der Waals surface area contributed by atoms with Crippen molar-refractivity contribution in [2.75, 3.05) is 0 Å². The van der Waals surface area contributed by atoms with Gasteiger partial charge in [0.15, 0.2) is 0 Å². The van der Waals surface area contributed by atoms with Gasteiger partial charge in [-0.3, -0.25) is 0 Å². The zero-order chi connectivity index (χ0) is 11.5. The standard InChI is InChI=1S/C11H8Cl2N2O/c1-7-2-3-8(12)4-9(7)16-11-5-10(13)14-6-15-11/h2-6H,1H3. The van der Waals surface area contributed by atoms with Gasteiger partial charge in [-0.25, -0.2) is 9.97 Å². The molecule has 3 nitrogen and oxygen atoms in total. The number of hydrogen-bond donors (Lipinski definition) is 0. The van der Waals surface area contributed by atoms with Gasteiger partial charge in [-0.1, -0.05) is 29.3 Å². The number of ether oxygens (including phenoxy) is 1. The topological polar surface area (TPSA) is 35.0 Å². The van der Waals surface area contributed by atoms with Crippen molar-refractivity contribution in [3.63, 3.8) is 0 Å². The number of aryl methyl sites for hydroxylation is 1. The predicted octanol–water partition coefficient (Wildman–Crippen LogP) is 3.88. The Kier molecular flexibility index (Phi) is 3.27. The summed E-state index contributed by atoms with van der Waals surface area (Å²) in [6.45, 7) is 1.93. The highest BCUT2D eigenvalue weighted by molar-refractivity contribution is 6.30. The van der Waals surface area contributed by atoms with Crippen molar-refractivity contribution in [2.45, 2.75) is 6.92 Å². The van der Waals surface area contributed by atoms with E-state index >= 15 is 0 Å². The van der Waals surface area contributed by atoms with Gasteiger partial charge in [0.1, 0.15) is 17.2 Å². The molecular formula is C11H8Cl2N2O. The molecule has 16 heavy (non-hydrogen) atoms. The first-order valence-corrected chi connectivity index (χ1v) is 5.32. The van der Waals surface area contributed by atoms with Gasteiger partial charge < -0.3 is 4.74 Å². The van der Waals surface area contributed by atoms with Crippen LogP contribution in [-0.2, 0) is 0 Å². The lowest BCUT2D eigenvalue weighted by atomic mass is 10.2. The molecule has 1 aromatic heterocycles. The molecule has 0 radical (unpaired) electrons. The molecule has 2 rings (SSSR count). The van der Waals surface area contributed by atoms with E-state index in [4.69, 9.17) is 27.9 Å². The Bertz CT molecular complexity index is 517. The van der Waals surface area contributed by atoms with Crippen LogP contribution < -0.4 is 4.74 Å². The number of rotatable bonds is 2. The van der Waals surface area contributed by atoms with Crippen LogP contribution >= 0.6 is 23.2 Å². The van der Waals surface area contributed by atoms with E-state index in [9.17, 15) is 0 Å². The molecule has 5 heteroatoms. The highest BCUT2D eigenvalue weighted by atomic mass is 35.5. The minimum Gasteiger partial charge on any atom is -0.439 e. The summed E-state index contributed by atoms with van der Waals surface area (Å²) in [6.07, 6.45) is 1.34. The van der Waals surface area contributed by atoms with Crippen LogP contribution in [0.3, 0.4) is 0 Å². The monoisotopic (exact) mass is 254 g/mol. The van der Waals surface area contributed by atoms with Crippen molar-refractivity contribution < 1.29 is 4.74 Å². The van der Waals surface area contributed by atoms with E-state index in [1.807, 2.05) is 13.0 Å². The molecule has 0 atom stereocenters. The molecule has 0 spiro atoms. The molecular weight excluding hydrogens is 247 g/mol. The van der Waals surface area contributed by atoms with Gasteiger partial charge in [0.2, 0.25) is 5.88 Å². The highest BCUT2D eigenvalue weighted by Gasteiger charge is 2.04. The molecule has 0 N–H and O–H groups in total. The molecule has 82 valence electrons. The van der Waals surface area contributed by atoms with Crippen LogP contribution in [-0.4, -0.2) is 9.97 Å². The summed E-state index contributed by atoms with van der Waals surface area (Å²) in [4.78, 5) is 7.71. The SMILES string of the molecule is Cc1ccc(Cl)cc1Oc1cc(Cl)ncn1. The maximum atomic E-state index is 5.88. The molecule has 0 aliphatic carbocycles. The molecule has 0 saturated heterocycles. The third-order valence-corrected chi connectivity index (χ3v) is 2.42.